The van der Waals surface area contributed by atoms with E-state index in [-0.39, 0.29) is 23.3 Å². The second kappa shape index (κ2) is 5.48. The summed E-state index contributed by atoms with van der Waals surface area (Å²) in [5.74, 6) is -0.154. The largest absolute Gasteiger partial charge is 0.348 e. The minimum atomic E-state index is -0.558. The van der Waals surface area contributed by atoms with Crippen molar-refractivity contribution in [1.29, 1.82) is 0 Å². The highest BCUT2D eigenvalue weighted by molar-refractivity contribution is 5.99. The monoisotopic (exact) mass is 289 g/mol. The number of hydrogen-bond donors (Lipinski definition) is 3. The molecule has 2 atom stereocenters. The van der Waals surface area contributed by atoms with E-state index in [0.29, 0.717) is 6.42 Å². The van der Waals surface area contributed by atoms with Crippen LogP contribution in [0.1, 0.15) is 44.9 Å². The Balaban J connectivity index is 2.08. The molecule has 0 bridgehead atoms. The van der Waals surface area contributed by atoms with Crippen LogP contribution >= 0.6 is 0 Å². The summed E-state index contributed by atoms with van der Waals surface area (Å²) in [4.78, 5) is 23.5. The average Bonchev–Trinajstić information content (AvgIpc) is 2.75. The molecule has 0 aromatic heterocycles. The number of anilines is 1. The molecular weight excluding hydrogens is 266 g/mol. The summed E-state index contributed by atoms with van der Waals surface area (Å²) < 4.78 is 0. The molecule has 0 saturated heterocycles. The van der Waals surface area contributed by atoms with Gasteiger partial charge in [0.1, 0.15) is 0 Å². The summed E-state index contributed by atoms with van der Waals surface area (Å²) >= 11 is 0. The summed E-state index contributed by atoms with van der Waals surface area (Å²) in [5, 5.41) is 5.73. The van der Waals surface area contributed by atoms with Crippen LogP contribution in [0.4, 0.5) is 5.69 Å². The number of nitrogens with two attached hydrogens (primary N) is 1. The van der Waals surface area contributed by atoms with Crippen molar-refractivity contribution in [3.05, 3.63) is 29.3 Å². The molecule has 1 unspecified atom stereocenters. The molecule has 5 nitrogen and oxygen atoms in total. The number of benzene rings is 1. The van der Waals surface area contributed by atoms with Crippen LogP contribution in [0.3, 0.4) is 0 Å². The first-order chi connectivity index (χ1) is 9.68. The van der Waals surface area contributed by atoms with Crippen molar-refractivity contribution in [1.82, 2.24) is 5.32 Å². The Morgan fingerprint density at radius 2 is 2.05 bits per heavy atom. The van der Waals surface area contributed by atoms with Crippen molar-refractivity contribution in [2.45, 2.75) is 46.2 Å². The third kappa shape index (κ3) is 3.42. The van der Waals surface area contributed by atoms with E-state index < -0.39 is 6.04 Å². The molecule has 114 valence electrons. The lowest BCUT2D eigenvalue weighted by atomic mass is 9.86. The smallest absolute Gasteiger partial charge is 0.237 e. The van der Waals surface area contributed by atoms with Crippen LogP contribution in [0.15, 0.2) is 18.2 Å². The third-order valence-corrected chi connectivity index (χ3v) is 3.83. The fourth-order valence-corrected chi connectivity index (χ4v) is 2.30. The van der Waals surface area contributed by atoms with E-state index in [9.17, 15) is 9.59 Å². The minimum Gasteiger partial charge on any atom is -0.348 e. The lowest BCUT2D eigenvalue weighted by Gasteiger charge is -2.27. The van der Waals surface area contributed by atoms with Gasteiger partial charge in [0, 0.05) is 5.69 Å². The zero-order chi connectivity index (χ0) is 15.8. The molecule has 0 saturated carbocycles. The summed E-state index contributed by atoms with van der Waals surface area (Å²) in [6, 6.07) is 5.05. The van der Waals surface area contributed by atoms with Crippen molar-refractivity contribution < 1.29 is 9.59 Å². The van der Waals surface area contributed by atoms with Crippen LogP contribution in [0.5, 0.6) is 0 Å². The second-order valence-corrected chi connectivity index (χ2v) is 6.72. The van der Waals surface area contributed by atoms with Crippen LogP contribution in [0.25, 0.3) is 0 Å². The van der Waals surface area contributed by atoms with Crippen molar-refractivity contribution in [3.8, 4) is 0 Å². The van der Waals surface area contributed by atoms with Crippen molar-refractivity contribution >= 4 is 17.5 Å². The summed E-state index contributed by atoms with van der Waals surface area (Å²) in [6.07, 6.45) is 0.394. The number of carbonyl (C=O) groups excluding carboxylic acids is 2. The Morgan fingerprint density at radius 3 is 2.67 bits per heavy atom. The van der Waals surface area contributed by atoms with E-state index >= 15 is 0 Å². The number of nitrogens with one attached hydrogen (secondary N) is 2. The SMILES string of the molecule is CC(NC(=O)[C@@H](N)C(C)(C)C)c1ccc2c(c1)CC(=O)N2. The zero-order valence-corrected chi connectivity index (χ0v) is 13.0. The van der Waals surface area contributed by atoms with Gasteiger partial charge in [0.05, 0.1) is 18.5 Å². The fraction of sp³-hybridized carbons (Fsp3) is 0.500. The van der Waals surface area contributed by atoms with Gasteiger partial charge < -0.3 is 16.4 Å². The Kier molecular flexibility index (Phi) is 4.05. The maximum atomic E-state index is 12.2. The summed E-state index contributed by atoms with van der Waals surface area (Å²) in [5.41, 5.74) is 8.48. The van der Waals surface area contributed by atoms with Gasteiger partial charge in [-0.1, -0.05) is 32.9 Å². The highest BCUT2D eigenvalue weighted by Gasteiger charge is 2.28. The number of fused-ring (bicyclic) bond motifs is 1. The number of hydrogen-bond acceptors (Lipinski definition) is 3. The molecule has 1 aliphatic rings. The predicted molar refractivity (Wildman–Crippen MR) is 82.8 cm³/mol. The molecule has 1 aliphatic heterocycles. The molecule has 0 aliphatic carbocycles. The number of carbonyl (C=O) groups is 2. The predicted octanol–water partition coefficient (Wildman–Crippen LogP) is 1.73. The van der Waals surface area contributed by atoms with E-state index in [4.69, 9.17) is 5.73 Å². The van der Waals surface area contributed by atoms with E-state index in [1.807, 2.05) is 45.9 Å². The standard InChI is InChI=1S/C16H23N3O2/c1-9(18-15(21)14(17)16(2,3)4)10-5-6-12-11(7-10)8-13(20)19-12/h5-7,9,14H,8,17H2,1-4H3,(H,18,21)(H,19,20)/t9?,14-/m1/s1. The molecule has 0 radical (unpaired) electrons. The van der Waals surface area contributed by atoms with Crippen LogP contribution in [-0.4, -0.2) is 17.9 Å². The first-order valence-corrected chi connectivity index (χ1v) is 7.17. The normalized spacial score (nSPS) is 16.9. The van der Waals surface area contributed by atoms with Crippen LogP contribution in [0, 0.1) is 5.41 Å². The Morgan fingerprint density at radius 1 is 1.38 bits per heavy atom. The molecule has 21 heavy (non-hydrogen) atoms. The Bertz CT molecular complexity index is 575. The summed E-state index contributed by atoms with van der Waals surface area (Å²) in [7, 11) is 0. The van der Waals surface area contributed by atoms with Gasteiger partial charge in [-0.2, -0.15) is 0 Å². The van der Waals surface area contributed by atoms with Gasteiger partial charge in [-0.3, -0.25) is 9.59 Å². The minimum absolute atomic E-state index is 0.00796. The Hall–Kier alpha value is -1.88. The van der Waals surface area contributed by atoms with E-state index in [1.54, 1.807) is 0 Å². The average molecular weight is 289 g/mol. The molecule has 1 heterocycles. The van der Waals surface area contributed by atoms with E-state index in [1.165, 1.54) is 0 Å². The van der Waals surface area contributed by atoms with E-state index in [2.05, 4.69) is 10.6 Å². The molecule has 1 aromatic rings. The van der Waals surface area contributed by atoms with Crippen LogP contribution in [-0.2, 0) is 16.0 Å². The molecule has 4 N–H and O–H groups in total. The second-order valence-electron chi connectivity index (χ2n) is 6.72. The van der Waals surface area contributed by atoms with Crippen molar-refractivity contribution in [2.75, 3.05) is 5.32 Å². The lowest BCUT2D eigenvalue weighted by molar-refractivity contribution is -0.125. The molecule has 2 amide bonds. The van der Waals surface area contributed by atoms with Gasteiger partial charge in [-0.15, -0.1) is 0 Å². The molecule has 2 rings (SSSR count). The zero-order valence-electron chi connectivity index (χ0n) is 13.0. The molecule has 5 heteroatoms. The van der Waals surface area contributed by atoms with Crippen LogP contribution in [0.2, 0.25) is 0 Å². The molecule has 1 aromatic carbocycles. The van der Waals surface area contributed by atoms with Crippen molar-refractivity contribution in [3.63, 3.8) is 0 Å². The highest BCUT2D eigenvalue weighted by Crippen LogP contribution is 2.26. The number of amides is 2. The van der Waals surface area contributed by atoms with Gasteiger partial charge in [0.25, 0.3) is 0 Å². The first-order valence-electron chi connectivity index (χ1n) is 7.17. The molecule has 0 spiro atoms. The van der Waals surface area contributed by atoms with Gasteiger partial charge in [-0.05, 0) is 29.5 Å². The highest BCUT2D eigenvalue weighted by atomic mass is 16.2. The maximum absolute atomic E-state index is 12.2. The topological polar surface area (TPSA) is 84.2 Å². The van der Waals surface area contributed by atoms with Gasteiger partial charge >= 0.3 is 0 Å². The third-order valence-electron chi connectivity index (χ3n) is 3.83. The quantitative estimate of drug-likeness (QED) is 0.792. The first kappa shape index (κ1) is 15.5. The molecular formula is C16H23N3O2. The van der Waals surface area contributed by atoms with Gasteiger partial charge in [0.15, 0.2) is 0 Å². The van der Waals surface area contributed by atoms with Crippen molar-refractivity contribution in [2.24, 2.45) is 11.1 Å². The number of rotatable bonds is 3. The summed E-state index contributed by atoms with van der Waals surface area (Å²) in [6.45, 7) is 7.73. The van der Waals surface area contributed by atoms with E-state index in [0.717, 1.165) is 16.8 Å². The Labute approximate surface area is 125 Å². The molecule has 0 fully saturated rings. The fourth-order valence-electron chi connectivity index (χ4n) is 2.30. The van der Waals surface area contributed by atoms with Gasteiger partial charge in [-0.25, -0.2) is 0 Å². The lowest BCUT2D eigenvalue weighted by Crippen LogP contribution is -2.49. The van der Waals surface area contributed by atoms with Crippen LogP contribution < -0.4 is 16.4 Å². The van der Waals surface area contributed by atoms with Gasteiger partial charge in [0.2, 0.25) is 11.8 Å². The maximum Gasteiger partial charge on any atom is 0.237 e.